The minimum atomic E-state index is -1.89. The molecular formula is C24H30O13. The first kappa shape index (κ1) is 27.3. The predicted molar refractivity (Wildman–Crippen MR) is 121 cm³/mol. The molecule has 0 spiro atoms. The van der Waals surface area contributed by atoms with Gasteiger partial charge in [0.1, 0.15) is 36.6 Å². The van der Waals surface area contributed by atoms with Crippen LogP contribution >= 0.6 is 0 Å². The summed E-state index contributed by atoms with van der Waals surface area (Å²) < 4.78 is 21.6. The standard InChI is InChI=1S/C24H30O13/c1-23(32)9-15(27)24(33)6-7-34-22(20(23)24)37-21-19(31)18(30)17(29)14(36-21)10-35-16(28)5-3-11-2-4-12(25)13(26)8-11/h2-8,14-15,17-22,25-27,29-33H,9-10H2,1H3/b5-3+/t14-,15+,17-,18+,19-,20+,21?,22-,23-,24+/m0/s1. The van der Waals surface area contributed by atoms with E-state index in [2.05, 4.69) is 0 Å². The first-order valence-electron chi connectivity index (χ1n) is 11.5. The Balaban J connectivity index is 1.40. The zero-order valence-corrected chi connectivity index (χ0v) is 19.7. The number of hydrogen-bond donors (Lipinski definition) is 8. The number of esters is 1. The number of carbonyl (C=O) groups is 1. The molecule has 10 atom stereocenters. The van der Waals surface area contributed by atoms with E-state index in [1.54, 1.807) is 0 Å². The van der Waals surface area contributed by atoms with Crippen molar-refractivity contribution in [1.82, 2.24) is 0 Å². The molecule has 1 aromatic rings. The number of rotatable bonds is 6. The van der Waals surface area contributed by atoms with Gasteiger partial charge in [-0.2, -0.15) is 0 Å². The van der Waals surface area contributed by atoms with E-state index < -0.39 is 72.8 Å². The summed E-state index contributed by atoms with van der Waals surface area (Å²) in [4.78, 5) is 12.1. The van der Waals surface area contributed by atoms with Gasteiger partial charge in [-0.1, -0.05) is 6.07 Å². The van der Waals surface area contributed by atoms with E-state index in [0.717, 1.165) is 12.3 Å². The third-order valence-corrected chi connectivity index (χ3v) is 6.87. The first-order chi connectivity index (χ1) is 17.3. The molecule has 13 nitrogen and oxygen atoms in total. The Bertz CT molecular complexity index is 1060. The molecule has 0 aromatic heterocycles. The van der Waals surface area contributed by atoms with Crippen LogP contribution in [-0.2, 0) is 23.7 Å². The van der Waals surface area contributed by atoms with Crippen LogP contribution in [0.2, 0.25) is 0 Å². The Labute approximate surface area is 211 Å². The van der Waals surface area contributed by atoms with E-state index in [0.29, 0.717) is 5.56 Å². The maximum absolute atomic E-state index is 12.1. The van der Waals surface area contributed by atoms with Crippen molar-refractivity contribution in [1.29, 1.82) is 0 Å². The molecule has 1 saturated heterocycles. The maximum Gasteiger partial charge on any atom is 0.330 e. The van der Waals surface area contributed by atoms with Gasteiger partial charge in [0.25, 0.3) is 0 Å². The second kappa shape index (κ2) is 10.2. The Kier molecular flexibility index (Phi) is 7.52. The molecule has 1 aliphatic carbocycles. The molecular weight excluding hydrogens is 496 g/mol. The molecule has 0 amide bonds. The Morgan fingerprint density at radius 1 is 1.08 bits per heavy atom. The van der Waals surface area contributed by atoms with Gasteiger partial charge in [0, 0.05) is 12.5 Å². The van der Waals surface area contributed by atoms with Crippen LogP contribution in [0.4, 0.5) is 0 Å². The highest BCUT2D eigenvalue weighted by atomic mass is 16.8. The molecule has 2 fully saturated rings. The Hall–Kier alpha value is -2.75. The van der Waals surface area contributed by atoms with Crippen molar-refractivity contribution in [2.24, 2.45) is 5.92 Å². The molecule has 1 saturated carbocycles. The molecule has 4 rings (SSSR count). The number of hydrogen-bond acceptors (Lipinski definition) is 13. The fourth-order valence-electron chi connectivity index (χ4n) is 4.85. The van der Waals surface area contributed by atoms with E-state index in [-0.39, 0.29) is 17.9 Å². The largest absolute Gasteiger partial charge is 0.504 e. The number of carbonyl (C=O) groups excluding carboxylic acids is 1. The van der Waals surface area contributed by atoms with Gasteiger partial charge in [0.05, 0.1) is 23.9 Å². The fourth-order valence-corrected chi connectivity index (χ4v) is 4.85. The molecule has 37 heavy (non-hydrogen) atoms. The van der Waals surface area contributed by atoms with Crippen molar-refractivity contribution < 1.29 is 64.6 Å². The van der Waals surface area contributed by atoms with Crippen LogP contribution in [0.1, 0.15) is 18.9 Å². The number of phenolic OH excluding ortho intramolecular Hbond substituents is 2. The number of benzene rings is 1. The maximum atomic E-state index is 12.1. The summed E-state index contributed by atoms with van der Waals surface area (Å²) in [6, 6.07) is 3.89. The topological polar surface area (TPSA) is 216 Å². The molecule has 1 aromatic carbocycles. The Morgan fingerprint density at radius 3 is 2.51 bits per heavy atom. The van der Waals surface area contributed by atoms with E-state index in [9.17, 15) is 45.6 Å². The van der Waals surface area contributed by atoms with Crippen molar-refractivity contribution in [2.45, 2.75) is 67.6 Å². The number of phenols is 2. The van der Waals surface area contributed by atoms with Crippen LogP contribution in [0, 0.1) is 5.92 Å². The normalized spacial score (nSPS) is 41.4. The van der Waals surface area contributed by atoms with Crippen molar-refractivity contribution in [3.05, 3.63) is 42.2 Å². The number of aliphatic hydroxyl groups is 6. The quantitative estimate of drug-likeness (QED) is 0.117. The van der Waals surface area contributed by atoms with E-state index in [1.807, 2.05) is 0 Å². The minimum Gasteiger partial charge on any atom is -0.504 e. The highest BCUT2D eigenvalue weighted by molar-refractivity contribution is 5.87. The molecule has 204 valence electrons. The van der Waals surface area contributed by atoms with E-state index in [1.165, 1.54) is 37.3 Å². The second-order valence-corrected chi connectivity index (χ2v) is 9.61. The summed E-state index contributed by atoms with van der Waals surface area (Å²) in [5.41, 5.74) is -3.13. The monoisotopic (exact) mass is 526 g/mol. The molecule has 8 N–H and O–H groups in total. The predicted octanol–water partition coefficient (Wildman–Crippen LogP) is -1.79. The smallest absolute Gasteiger partial charge is 0.330 e. The van der Waals surface area contributed by atoms with Crippen LogP contribution < -0.4 is 0 Å². The molecule has 2 aliphatic heterocycles. The van der Waals surface area contributed by atoms with E-state index >= 15 is 0 Å². The van der Waals surface area contributed by atoms with Crippen LogP contribution in [-0.4, -0.2) is 108 Å². The number of fused-ring (bicyclic) bond motifs is 1. The van der Waals surface area contributed by atoms with Crippen LogP contribution in [0.25, 0.3) is 6.08 Å². The lowest BCUT2D eigenvalue weighted by atomic mass is 9.81. The number of aliphatic hydroxyl groups excluding tert-OH is 4. The SMILES string of the molecule is C[C@]1(O)C[C@@H](O)[C@]2(O)C=CO[C@@H](OC3O[C@@H](COC(=O)/C=C/c4ccc(O)c(O)c4)[C@H](O)[C@@H](O)[C@@H]3O)[C@@H]21. The van der Waals surface area contributed by atoms with Crippen LogP contribution in [0.15, 0.2) is 36.6 Å². The minimum absolute atomic E-state index is 0.188. The highest BCUT2D eigenvalue weighted by Crippen LogP contribution is 2.49. The Morgan fingerprint density at radius 2 is 1.81 bits per heavy atom. The van der Waals surface area contributed by atoms with Gasteiger partial charge >= 0.3 is 5.97 Å². The zero-order valence-electron chi connectivity index (χ0n) is 19.7. The van der Waals surface area contributed by atoms with Crippen molar-refractivity contribution in [3.8, 4) is 11.5 Å². The molecule has 0 bridgehead atoms. The summed E-state index contributed by atoms with van der Waals surface area (Å²) in [5, 5.41) is 81.8. The lowest BCUT2D eigenvalue weighted by molar-refractivity contribution is -0.351. The molecule has 3 aliphatic rings. The van der Waals surface area contributed by atoms with Gasteiger partial charge in [-0.15, -0.1) is 0 Å². The van der Waals surface area contributed by atoms with Gasteiger partial charge in [-0.05, 0) is 36.8 Å². The summed E-state index contributed by atoms with van der Waals surface area (Å²) in [5.74, 6) is -2.76. The molecule has 2 heterocycles. The van der Waals surface area contributed by atoms with Gasteiger partial charge in [-0.3, -0.25) is 0 Å². The van der Waals surface area contributed by atoms with Crippen molar-refractivity contribution in [3.63, 3.8) is 0 Å². The molecule has 0 radical (unpaired) electrons. The van der Waals surface area contributed by atoms with E-state index in [4.69, 9.17) is 18.9 Å². The summed E-state index contributed by atoms with van der Waals surface area (Å²) in [6.45, 7) is 0.827. The van der Waals surface area contributed by atoms with Crippen molar-refractivity contribution in [2.75, 3.05) is 6.61 Å². The number of aromatic hydroxyl groups is 2. The molecule has 13 heteroatoms. The zero-order chi connectivity index (χ0) is 27.1. The van der Waals surface area contributed by atoms with Gasteiger partial charge in [0.2, 0.25) is 6.29 Å². The first-order valence-corrected chi connectivity index (χ1v) is 11.5. The third-order valence-electron chi connectivity index (χ3n) is 6.87. The average molecular weight is 526 g/mol. The molecule has 1 unspecified atom stereocenters. The van der Waals surface area contributed by atoms with Crippen LogP contribution in [0.3, 0.4) is 0 Å². The third kappa shape index (κ3) is 5.30. The summed E-state index contributed by atoms with van der Waals surface area (Å²) >= 11 is 0. The van der Waals surface area contributed by atoms with Gasteiger partial charge in [-0.25, -0.2) is 4.79 Å². The highest BCUT2D eigenvalue weighted by Gasteiger charge is 2.64. The summed E-state index contributed by atoms with van der Waals surface area (Å²) in [6.07, 6.45) is -6.52. The lowest BCUT2D eigenvalue weighted by Crippen LogP contribution is -2.62. The number of ether oxygens (including phenoxy) is 4. The fraction of sp³-hybridized carbons (Fsp3) is 0.542. The average Bonchev–Trinajstić information content (AvgIpc) is 3.03. The van der Waals surface area contributed by atoms with Gasteiger partial charge in [0.15, 0.2) is 17.8 Å². The van der Waals surface area contributed by atoms with Gasteiger partial charge < -0.3 is 59.8 Å². The van der Waals surface area contributed by atoms with Crippen LogP contribution in [0.5, 0.6) is 11.5 Å². The van der Waals surface area contributed by atoms with Crippen molar-refractivity contribution >= 4 is 12.0 Å². The summed E-state index contributed by atoms with van der Waals surface area (Å²) in [7, 11) is 0. The lowest BCUT2D eigenvalue weighted by Gasteiger charge is -2.45. The second-order valence-electron chi connectivity index (χ2n) is 9.61.